The normalized spacial score (nSPS) is 19.5. The molecule has 4 nitrogen and oxygen atoms in total. The van der Waals surface area contributed by atoms with Gasteiger partial charge in [0.15, 0.2) is 17.6 Å². The van der Waals surface area contributed by atoms with Gasteiger partial charge in [0.05, 0.1) is 0 Å². The molecule has 1 fully saturated rings. The lowest BCUT2D eigenvalue weighted by Crippen LogP contribution is -2.48. The summed E-state index contributed by atoms with van der Waals surface area (Å²) in [5.41, 5.74) is -0.128. The van der Waals surface area contributed by atoms with Gasteiger partial charge in [0.25, 0.3) is 5.79 Å². The van der Waals surface area contributed by atoms with Gasteiger partial charge < -0.3 is 9.47 Å². The third-order valence-electron chi connectivity index (χ3n) is 3.40. The molecule has 120 valence electrons. The van der Waals surface area contributed by atoms with Gasteiger partial charge in [-0.15, -0.1) is 0 Å². The Morgan fingerprint density at radius 2 is 1.55 bits per heavy atom. The molecule has 2 rings (SSSR count). The molecule has 0 aromatic heterocycles. The van der Waals surface area contributed by atoms with Crippen molar-refractivity contribution in [1.82, 2.24) is 0 Å². The van der Waals surface area contributed by atoms with Gasteiger partial charge >= 0.3 is 11.9 Å². The summed E-state index contributed by atoms with van der Waals surface area (Å²) in [5, 5.41) is 0. The molecular weight excluding hydrogens is 301 g/mol. The molecule has 22 heavy (non-hydrogen) atoms. The lowest BCUT2D eigenvalue weighted by Gasteiger charge is -2.35. The summed E-state index contributed by atoms with van der Waals surface area (Å²) < 4.78 is 49.7. The zero-order chi connectivity index (χ0) is 16.7. The lowest BCUT2D eigenvalue weighted by molar-refractivity contribution is -0.242. The molecule has 1 atom stereocenters. The van der Waals surface area contributed by atoms with Crippen molar-refractivity contribution in [3.63, 3.8) is 0 Å². The van der Waals surface area contributed by atoms with Crippen molar-refractivity contribution in [1.29, 1.82) is 0 Å². The SMILES string of the molecule is CC(Cc1cc(F)c(F)cc1F)C1C(=O)OC(C)(C)OC1=O. The molecule has 0 aliphatic carbocycles. The molecule has 1 aliphatic rings. The van der Waals surface area contributed by atoms with Crippen LogP contribution in [0.1, 0.15) is 26.3 Å². The smallest absolute Gasteiger partial charge is 0.323 e. The third kappa shape index (κ3) is 3.23. The first-order chi connectivity index (χ1) is 10.1. The zero-order valence-electron chi connectivity index (χ0n) is 12.3. The van der Waals surface area contributed by atoms with Crippen molar-refractivity contribution in [3.8, 4) is 0 Å². The molecule has 0 radical (unpaired) electrons. The van der Waals surface area contributed by atoms with Crippen LogP contribution >= 0.6 is 0 Å². The third-order valence-corrected chi connectivity index (χ3v) is 3.40. The number of hydrogen-bond donors (Lipinski definition) is 0. The topological polar surface area (TPSA) is 52.6 Å². The van der Waals surface area contributed by atoms with Crippen LogP contribution in [0.4, 0.5) is 13.2 Å². The first-order valence-corrected chi connectivity index (χ1v) is 6.70. The minimum atomic E-state index is -1.35. The van der Waals surface area contributed by atoms with Crippen LogP contribution in [0.5, 0.6) is 0 Å². The van der Waals surface area contributed by atoms with Crippen LogP contribution in [0.25, 0.3) is 0 Å². The van der Waals surface area contributed by atoms with Crippen LogP contribution in [0.3, 0.4) is 0 Å². The Kier molecular flexibility index (Phi) is 4.17. The van der Waals surface area contributed by atoms with Crippen LogP contribution < -0.4 is 0 Å². The van der Waals surface area contributed by atoms with E-state index in [4.69, 9.17) is 9.47 Å². The number of hydrogen-bond acceptors (Lipinski definition) is 4. The fourth-order valence-corrected chi connectivity index (χ4v) is 2.38. The van der Waals surface area contributed by atoms with Crippen LogP contribution in [-0.4, -0.2) is 17.7 Å². The van der Waals surface area contributed by atoms with E-state index in [0.717, 1.165) is 0 Å². The second kappa shape index (κ2) is 5.62. The first kappa shape index (κ1) is 16.3. The average Bonchev–Trinajstić information content (AvgIpc) is 2.33. The van der Waals surface area contributed by atoms with Gasteiger partial charge in [0, 0.05) is 19.9 Å². The summed E-state index contributed by atoms with van der Waals surface area (Å²) in [6.45, 7) is 4.34. The lowest BCUT2D eigenvalue weighted by atomic mass is 9.87. The molecular formula is C15H15F3O4. The Bertz CT molecular complexity index is 607. The monoisotopic (exact) mass is 316 g/mol. The molecule has 7 heteroatoms. The Hall–Kier alpha value is -2.05. The fraction of sp³-hybridized carbons (Fsp3) is 0.467. The van der Waals surface area contributed by atoms with Gasteiger partial charge in [-0.25, -0.2) is 13.2 Å². The summed E-state index contributed by atoms with van der Waals surface area (Å²) in [4.78, 5) is 23.8. The van der Waals surface area contributed by atoms with Crippen LogP contribution in [-0.2, 0) is 25.5 Å². The summed E-state index contributed by atoms with van der Waals surface area (Å²) in [6.07, 6.45) is -0.141. The minimum absolute atomic E-state index is 0.128. The minimum Gasteiger partial charge on any atom is -0.422 e. The molecule has 1 unspecified atom stereocenters. The van der Waals surface area contributed by atoms with E-state index in [1.165, 1.54) is 20.8 Å². The highest BCUT2D eigenvalue weighted by Crippen LogP contribution is 2.30. The predicted molar refractivity (Wildman–Crippen MR) is 68.9 cm³/mol. The van der Waals surface area contributed by atoms with E-state index < -0.39 is 47.0 Å². The maximum absolute atomic E-state index is 13.6. The Balaban J connectivity index is 2.19. The summed E-state index contributed by atoms with van der Waals surface area (Å²) in [6, 6.07) is 1.14. The van der Waals surface area contributed by atoms with Crippen LogP contribution in [0.15, 0.2) is 12.1 Å². The number of carbonyl (C=O) groups excluding carboxylic acids is 2. The van der Waals surface area contributed by atoms with Gasteiger partial charge in [0.1, 0.15) is 5.82 Å². The van der Waals surface area contributed by atoms with Gasteiger partial charge in [-0.2, -0.15) is 0 Å². The molecule has 0 bridgehead atoms. The van der Waals surface area contributed by atoms with E-state index in [9.17, 15) is 22.8 Å². The highest BCUT2D eigenvalue weighted by Gasteiger charge is 2.45. The molecule has 0 N–H and O–H groups in total. The number of esters is 2. The summed E-state index contributed by atoms with van der Waals surface area (Å²) >= 11 is 0. The Labute approximate surface area is 125 Å². The number of ether oxygens (including phenoxy) is 2. The fourth-order valence-electron chi connectivity index (χ4n) is 2.38. The number of halogens is 3. The standard InChI is InChI=1S/C15H15F3O4/c1-7(4-8-5-10(17)11(18)6-9(8)16)12-13(19)21-15(2,3)22-14(12)20/h5-7,12H,4H2,1-3H3. The van der Waals surface area contributed by atoms with Crippen molar-refractivity contribution in [2.45, 2.75) is 33.0 Å². The van der Waals surface area contributed by atoms with E-state index in [-0.39, 0.29) is 12.0 Å². The number of rotatable bonds is 3. The molecule has 1 saturated heterocycles. The molecule has 1 heterocycles. The van der Waals surface area contributed by atoms with E-state index in [1.807, 2.05) is 0 Å². The summed E-state index contributed by atoms with van der Waals surface area (Å²) in [5.74, 6) is -8.28. The van der Waals surface area contributed by atoms with Crippen molar-refractivity contribution in [2.24, 2.45) is 11.8 Å². The number of cyclic esters (lactones) is 2. The first-order valence-electron chi connectivity index (χ1n) is 6.70. The van der Waals surface area contributed by atoms with Crippen molar-refractivity contribution >= 4 is 11.9 Å². The van der Waals surface area contributed by atoms with E-state index in [2.05, 4.69) is 0 Å². The van der Waals surface area contributed by atoms with Gasteiger partial charge in [-0.1, -0.05) is 6.92 Å². The largest absolute Gasteiger partial charge is 0.422 e. The summed E-state index contributed by atoms with van der Waals surface area (Å²) in [7, 11) is 0. The van der Waals surface area contributed by atoms with Crippen LogP contribution in [0.2, 0.25) is 0 Å². The Morgan fingerprint density at radius 3 is 2.09 bits per heavy atom. The number of carbonyl (C=O) groups is 2. The molecule has 0 spiro atoms. The predicted octanol–water partition coefficient (Wildman–Crippen LogP) is 2.73. The van der Waals surface area contributed by atoms with Gasteiger partial charge in [-0.05, 0) is 24.0 Å². The van der Waals surface area contributed by atoms with Gasteiger partial charge in [-0.3, -0.25) is 9.59 Å². The van der Waals surface area contributed by atoms with E-state index in [1.54, 1.807) is 0 Å². The van der Waals surface area contributed by atoms with E-state index in [0.29, 0.717) is 12.1 Å². The highest BCUT2D eigenvalue weighted by atomic mass is 19.2. The quantitative estimate of drug-likeness (QED) is 0.489. The molecule has 0 saturated carbocycles. The Morgan fingerprint density at radius 1 is 1.05 bits per heavy atom. The molecule has 1 aromatic carbocycles. The van der Waals surface area contributed by atoms with E-state index >= 15 is 0 Å². The maximum atomic E-state index is 13.6. The second-order valence-electron chi connectivity index (χ2n) is 5.76. The highest BCUT2D eigenvalue weighted by molar-refractivity contribution is 5.97. The van der Waals surface area contributed by atoms with Crippen molar-refractivity contribution in [3.05, 3.63) is 35.1 Å². The average molecular weight is 316 g/mol. The molecule has 1 aliphatic heterocycles. The maximum Gasteiger partial charge on any atom is 0.323 e. The van der Waals surface area contributed by atoms with Gasteiger partial charge in [0.2, 0.25) is 0 Å². The van der Waals surface area contributed by atoms with Crippen molar-refractivity contribution in [2.75, 3.05) is 0 Å². The van der Waals surface area contributed by atoms with Crippen molar-refractivity contribution < 1.29 is 32.2 Å². The molecule has 1 aromatic rings. The van der Waals surface area contributed by atoms with Crippen LogP contribution in [0, 0.1) is 29.3 Å². The number of benzene rings is 1. The second-order valence-corrected chi connectivity index (χ2v) is 5.76. The zero-order valence-corrected chi connectivity index (χ0v) is 12.3. The molecule has 0 amide bonds.